The molecular weight excluding hydrogens is 300 g/mol. The number of nitrogens with one attached hydrogen (secondary N) is 2. The summed E-state index contributed by atoms with van der Waals surface area (Å²) < 4.78 is 0. The zero-order valence-corrected chi connectivity index (χ0v) is 13.0. The maximum atomic E-state index is 12.4. The number of benzene rings is 1. The zero-order chi connectivity index (χ0) is 15.7. The molecule has 0 spiro atoms. The van der Waals surface area contributed by atoms with Gasteiger partial charge in [-0.05, 0) is 55.5 Å². The van der Waals surface area contributed by atoms with E-state index in [1.54, 1.807) is 19.1 Å². The molecule has 0 radical (unpaired) electrons. The van der Waals surface area contributed by atoms with Crippen LogP contribution in [-0.2, 0) is 0 Å². The van der Waals surface area contributed by atoms with E-state index in [1.165, 1.54) is 0 Å². The quantitative estimate of drug-likeness (QED) is 0.909. The second-order valence-corrected chi connectivity index (χ2v) is 6.16. The van der Waals surface area contributed by atoms with Crippen molar-refractivity contribution in [2.75, 3.05) is 0 Å². The molecule has 2 aromatic rings. The van der Waals surface area contributed by atoms with Crippen LogP contribution < -0.4 is 10.9 Å². The van der Waals surface area contributed by atoms with E-state index in [9.17, 15) is 9.59 Å². The molecule has 5 heteroatoms. The average molecular weight is 317 g/mol. The van der Waals surface area contributed by atoms with E-state index in [0.29, 0.717) is 10.9 Å². The third-order valence-corrected chi connectivity index (χ3v) is 4.16. The lowest BCUT2D eigenvalue weighted by Gasteiger charge is -2.18. The number of halogens is 1. The van der Waals surface area contributed by atoms with E-state index in [4.69, 9.17) is 11.6 Å². The van der Waals surface area contributed by atoms with E-state index in [1.807, 2.05) is 24.3 Å². The van der Waals surface area contributed by atoms with Gasteiger partial charge in [0.15, 0.2) is 0 Å². The first kappa shape index (κ1) is 14.9. The average Bonchev–Trinajstić information content (AvgIpc) is 3.30. The molecule has 1 amide bonds. The Morgan fingerprint density at radius 1 is 1.23 bits per heavy atom. The van der Waals surface area contributed by atoms with E-state index < -0.39 is 0 Å². The van der Waals surface area contributed by atoms with Crippen LogP contribution in [0.1, 0.15) is 40.5 Å². The summed E-state index contributed by atoms with van der Waals surface area (Å²) in [6.07, 6.45) is 2.16. The van der Waals surface area contributed by atoms with Gasteiger partial charge in [0.1, 0.15) is 5.56 Å². The van der Waals surface area contributed by atoms with Gasteiger partial charge in [0.05, 0.1) is 6.04 Å². The molecule has 22 heavy (non-hydrogen) atoms. The number of aromatic nitrogens is 1. The van der Waals surface area contributed by atoms with Crippen LogP contribution in [0.5, 0.6) is 0 Å². The smallest absolute Gasteiger partial charge is 0.260 e. The Hall–Kier alpha value is -2.07. The molecule has 1 heterocycles. The van der Waals surface area contributed by atoms with Gasteiger partial charge < -0.3 is 10.3 Å². The molecule has 114 valence electrons. The number of hydrogen-bond donors (Lipinski definition) is 2. The molecule has 2 N–H and O–H groups in total. The minimum absolute atomic E-state index is 0.0783. The van der Waals surface area contributed by atoms with Crippen molar-refractivity contribution in [1.29, 1.82) is 0 Å². The minimum Gasteiger partial charge on any atom is -0.345 e. The van der Waals surface area contributed by atoms with E-state index in [0.717, 1.165) is 24.1 Å². The first-order valence-electron chi connectivity index (χ1n) is 7.31. The molecule has 1 aromatic carbocycles. The Bertz CT molecular complexity index is 748. The highest BCUT2D eigenvalue weighted by Gasteiger charge is 2.33. The van der Waals surface area contributed by atoms with Crippen LogP contribution in [0, 0.1) is 12.8 Å². The standard InChI is InChI=1S/C17H17ClN2O2/c1-10-2-9-14(16(21)19-10)17(22)20-15(11-3-4-11)12-5-7-13(18)8-6-12/h2,5-9,11,15H,3-4H2,1H3,(H,19,21)(H,20,22)/t15-/m0/s1. The van der Waals surface area contributed by atoms with Gasteiger partial charge in [0.2, 0.25) is 0 Å². The predicted octanol–water partition coefficient (Wildman–Crippen LogP) is 3.22. The van der Waals surface area contributed by atoms with Gasteiger partial charge >= 0.3 is 0 Å². The lowest BCUT2D eigenvalue weighted by Crippen LogP contribution is -2.33. The van der Waals surface area contributed by atoms with Crippen LogP contribution in [0.4, 0.5) is 0 Å². The topological polar surface area (TPSA) is 62.0 Å². The van der Waals surface area contributed by atoms with Crippen molar-refractivity contribution in [3.8, 4) is 0 Å². The highest BCUT2D eigenvalue weighted by atomic mass is 35.5. The number of H-pyrrole nitrogens is 1. The third kappa shape index (κ3) is 3.22. The van der Waals surface area contributed by atoms with Crippen LogP contribution in [0.3, 0.4) is 0 Å². The number of aryl methyl sites for hydroxylation is 1. The molecular formula is C17H17ClN2O2. The molecule has 1 aliphatic carbocycles. The van der Waals surface area contributed by atoms with Gasteiger partial charge in [0, 0.05) is 10.7 Å². The maximum absolute atomic E-state index is 12.4. The second-order valence-electron chi connectivity index (χ2n) is 5.72. The lowest BCUT2D eigenvalue weighted by atomic mass is 10.0. The number of hydrogen-bond acceptors (Lipinski definition) is 2. The van der Waals surface area contributed by atoms with E-state index in [-0.39, 0.29) is 23.1 Å². The minimum atomic E-state index is -0.358. The lowest BCUT2D eigenvalue weighted by molar-refractivity contribution is 0.0930. The highest BCUT2D eigenvalue weighted by Crippen LogP contribution is 2.41. The summed E-state index contributed by atoms with van der Waals surface area (Å²) in [4.78, 5) is 26.9. The molecule has 1 aliphatic rings. The Morgan fingerprint density at radius 2 is 1.91 bits per heavy atom. The molecule has 1 fully saturated rings. The summed E-state index contributed by atoms with van der Waals surface area (Å²) in [6.45, 7) is 1.78. The molecule has 1 aromatic heterocycles. The monoisotopic (exact) mass is 316 g/mol. The number of pyridine rings is 1. The van der Waals surface area contributed by atoms with Crippen LogP contribution in [-0.4, -0.2) is 10.9 Å². The van der Waals surface area contributed by atoms with Crippen molar-refractivity contribution in [2.24, 2.45) is 5.92 Å². The molecule has 0 unspecified atom stereocenters. The van der Waals surface area contributed by atoms with Gasteiger partial charge in [-0.3, -0.25) is 9.59 Å². The van der Waals surface area contributed by atoms with Gasteiger partial charge in [0.25, 0.3) is 11.5 Å². The largest absolute Gasteiger partial charge is 0.345 e. The zero-order valence-electron chi connectivity index (χ0n) is 12.2. The van der Waals surface area contributed by atoms with Crippen molar-refractivity contribution >= 4 is 17.5 Å². The Balaban J connectivity index is 1.83. The number of carbonyl (C=O) groups is 1. The summed E-state index contributed by atoms with van der Waals surface area (Å²) in [5, 5.41) is 3.66. The van der Waals surface area contributed by atoms with E-state index in [2.05, 4.69) is 10.3 Å². The molecule has 3 rings (SSSR count). The van der Waals surface area contributed by atoms with Crippen LogP contribution in [0.2, 0.25) is 5.02 Å². The Kier molecular flexibility index (Phi) is 4.03. The van der Waals surface area contributed by atoms with Crippen molar-refractivity contribution in [1.82, 2.24) is 10.3 Å². The Labute approximate surface area is 133 Å². The summed E-state index contributed by atoms with van der Waals surface area (Å²) in [5.74, 6) is 0.0859. The SMILES string of the molecule is Cc1ccc(C(=O)N[C@H](c2ccc(Cl)cc2)C2CC2)c(=O)[nH]1. The summed E-state index contributed by atoms with van der Waals surface area (Å²) >= 11 is 5.92. The molecule has 4 nitrogen and oxygen atoms in total. The fourth-order valence-electron chi connectivity index (χ4n) is 2.54. The molecule has 1 atom stereocenters. The molecule has 0 saturated heterocycles. The summed E-state index contributed by atoms with van der Waals surface area (Å²) in [5.41, 5.74) is 1.54. The van der Waals surface area contributed by atoms with Crippen molar-refractivity contribution in [2.45, 2.75) is 25.8 Å². The van der Waals surface area contributed by atoms with Crippen LogP contribution in [0.15, 0.2) is 41.2 Å². The third-order valence-electron chi connectivity index (χ3n) is 3.91. The van der Waals surface area contributed by atoms with E-state index >= 15 is 0 Å². The van der Waals surface area contributed by atoms with Crippen LogP contribution >= 0.6 is 11.6 Å². The molecule has 1 saturated carbocycles. The van der Waals surface area contributed by atoms with Crippen molar-refractivity contribution in [3.05, 3.63) is 68.6 Å². The normalized spacial score (nSPS) is 15.4. The number of carbonyl (C=O) groups excluding carboxylic acids is 1. The van der Waals surface area contributed by atoms with Crippen LogP contribution in [0.25, 0.3) is 0 Å². The van der Waals surface area contributed by atoms with Crippen molar-refractivity contribution < 1.29 is 4.79 Å². The summed E-state index contributed by atoms with van der Waals surface area (Å²) in [6, 6.07) is 10.7. The van der Waals surface area contributed by atoms with Gasteiger partial charge in [-0.25, -0.2) is 0 Å². The number of amides is 1. The molecule has 0 aliphatic heterocycles. The highest BCUT2D eigenvalue weighted by molar-refractivity contribution is 6.30. The predicted molar refractivity (Wildman–Crippen MR) is 86.2 cm³/mol. The van der Waals surface area contributed by atoms with Gasteiger partial charge in [-0.2, -0.15) is 0 Å². The Morgan fingerprint density at radius 3 is 2.50 bits per heavy atom. The number of aromatic amines is 1. The first-order chi connectivity index (χ1) is 10.5. The van der Waals surface area contributed by atoms with Gasteiger partial charge in [-0.1, -0.05) is 23.7 Å². The fourth-order valence-corrected chi connectivity index (χ4v) is 2.67. The fraction of sp³-hybridized carbons (Fsp3) is 0.294. The second kappa shape index (κ2) is 5.97. The first-order valence-corrected chi connectivity index (χ1v) is 7.68. The van der Waals surface area contributed by atoms with Gasteiger partial charge in [-0.15, -0.1) is 0 Å². The maximum Gasteiger partial charge on any atom is 0.260 e. The summed E-state index contributed by atoms with van der Waals surface area (Å²) in [7, 11) is 0. The van der Waals surface area contributed by atoms with Crippen molar-refractivity contribution in [3.63, 3.8) is 0 Å². The number of rotatable bonds is 4. The molecule has 0 bridgehead atoms.